The van der Waals surface area contributed by atoms with E-state index in [0.717, 1.165) is 11.3 Å². The minimum atomic E-state index is -0.362. The molecular weight excluding hydrogens is 344 g/mol. The van der Waals surface area contributed by atoms with Crippen molar-refractivity contribution in [3.05, 3.63) is 12.2 Å². The normalized spacial score (nSPS) is 42.1. The summed E-state index contributed by atoms with van der Waals surface area (Å²) < 4.78 is 0. The second-order valence-electron chi connectivity index (χ2n) is 7.33. The molecule has 2 aliphatic carbocycles. The summed E-state index contributed by atoms with van der Waals surface area (Å²) in [6.45, 7) is 6.34. The highest BCUT2D eigenvalue weighted by atomic mass is 32.2. The summed E-state index contributed by atoms with van der Waals surface area (Å²) in [4.78, 5) is 25.4. The third-order valence-corrected chi connectivity index (χ3v) is 8.52. The Bertz CT molecular complexity index is 535. The maximum atomic E-state index is 12.8. The first-order chi connectivity index (χ1) is 11.5. The average molecular weight is 371 g/mol. The van der Waals surface area contributed by atoms with E-state index in [1.807, 2.05) is 6.92 Å². The molecule has 0 aromatic heterocycles. The zero-order chi connectivity index (χ0) is 17.4. The Balaban J connectivity index is 1.82. The van der Waals surface area contributed by atoms with Gasteiger partial charge in [-0.25, -0.2) is 0 Å². The summed E-state index contributed by atoms with van der Waals surface area (Å²) in [5.74, 6) is 1.60. The minimum absolute atomic E-state index is 0.00941. The fraction of sp³-hybridized carbons (Fsp3) is 0.778. The van der Waals surface area contributed by atoms with Gasteiger partial charge in [0.25, 0.3) is 0 Å². The van der Waals surface area contributed by atoms with Gasteiger partial charge in [0.05, 0.1) is 6.10 Å². The molecule has 4 nitrogen and oxygen atoms in total. The van der Waals surface area contributed by atoms with E-state index in [1.165, 1.54) is 11.8 Å². The summed E-state index contributed by atoms with van der Waals surface area (Å²) in [5.41, 5.74) is 0.947. The smallest absolute Gasteiger partial charge is 0.193 e. The summed E-state index contributed by atoms with van der Waals surface area (Å²) in [5, 5.41) is 19.3. The van der Waals surface area contributed by atoms with Crippen molar-refractivity contribution in [1.82, 2.24) is 0 Å². The molecule has 2 N–H and O–H groups in total. The summed E-state index contributed by atoms with van der Waals surface area (Å²) in [7, 11) is 0. The number of thioether (sulfide) groups is 2. The predicted octanol–water partition coefficient (Wildman–Crippen LogP) is 2.14. The second-order valence-corrected chi connectivity index (χ2v) is 9.67. The Morgan fingerprint density at radius 1 is 1.38 bits per heavy atom. The molecule has 24 heavy (non-hydrogen) atoms. The lowest BCUT2D eigenvalue weighted by atomic mass is 9.78. The molecule has 0 aromatic carbocycles. The van der Waals surface area contributed by atoms with Gasteiger partial charge in [-0.2, -0.15) is 11.8 Å². The first kappa shape index (κ1) is 18.5. The zero-order valence-corrected chi connectivity index (χ0v) is 15.7. The molecule has 3 fully saturated rings. The molecule has 3 aliphatic rings. The van der Waals surface area contributed by atoms with E-state index in [4.69, 9.17) is 5.11 Å². The number of aliphatic hydroxyl groups is 2. The molecule has 0 bridgehead atoms. The van der Waals surface area contributed by atoms with Crippen LogP contribution in [-0.2, 0) is 9.59 Å². The highest BCUT2D eigenvalue weighted by Gasteiger charge is 2.57. The Morgan fingerprint density at radius 3 is 2.83 bits per heavy atom. The number of rotatable bonds is 5. The van der Waals surface area contributed by atoms with Gasteiger partial charge in [-0.15, -0.1) is 0 Å². The van der Waals surface area contributed by atoms with Crippen LogP contribution in [0, 0.1) is 29.6 Å². The second kappa shape index (κ2) is 7.52. The van der Waals surface area contributed by atoms with Crippen molar-refractivity contribution in [2.24, 2.45) is 29.6 Å². The molecule has 6 heteroatoms. The van der Waals surface area contributed by atoms with Gasteiger partial charge in [-0.05, 0) is 36.3 Å². The number of Topliss-reactive ketones (excluding diaryl/α,β-unsaturated/α-hetero) is 1. The van der Waals surface area contributed by atoms with E-state index in [9.17, 15) is 14.7 Å². The van der Waals surface area contributed by atoms with E-state index in [-0.39, 0.29) is 58.4 Å². The van der Waals surface area contributed by atoms with Gasteiger partial charge in [0, 0.05) is 35.9 Å². The number of carbonyl (C=O) groups is 2. The van der Waals surface area contributed by atoms with Gasteiger partial charge < -0.3 is 10.2 Å². The van der Waals surface area contributed by atoms with Gasteiger partial charge in [0.15, 0.2) is 5.12 Å². The Morgan fingerprint density at radius 2 is 2.12 bits per heavy atom. The number of hydrogen-bond acceptors (Lipinski definition) is 6. The molecule has 7 atom stereocenters. The largest absolute Gasteiger partial charge is 0.396 e. The molecule has 3 rings (SSSR count). The molecule has 0 radical (unpaired) electrons. The molecule has 7 unspecified atom stereocenters. The van der Waals surface area contributed by atoms with Gasteiger partial charge in [0.2, 0.25) is 0 Å². The Hall–Kier alpha value is -0.300. The van der Waals surface area contributed by atoms with E-state index in [0.29, 0.717) is 25.0 Å². The van der Waals surface area contributed by atoms with E-state index >= 15 is 0 Å². The number of ketones is 1. The fourth-order valence-corrected chi connectivity index (χ4v) is 7.61. The monoisotopic (exact) mass is 370 g/mol. The van der Waals surface area contributed by atoms with Crippen LogP contribution in [0.1, 0.15) is 26.2 Å². The summed E-state index contributed by atoms with van der Waals surface area (Å²) in [6.07, 6.45) is 1.38. The van der Waals surface area contributed by atoms with Crippen LogP contribution in [-0.4, -0.2) is 50.6 Å². The molecule has 1 aliphatic heterocycles. The topological polar surface area (TPSA) is 74.6 Å². The van der Waals surface area contributed by atoms with Crippen molar-refractivity contribution in [3.63, 3.8) is 0 Å². The molecule has 0 spiro atoms. The van der Waals surface area contributed by atoms with E-state index in [1.54, 1.807) is 11.8 Å². The van der Waals surface area contributed by atoms with Gasteiger partial charge >= 0.3 is 0 Å². The quantitative estimate of drug-likeness (QED) is 0.570. The lowest BCUT2D eigenvalue weighted by Crippen LogP contribution is -2.35. The van der Waals surface area contributed by atoms with Gasteiger partial charge in [-0.1, -0.05) is 30.8 Å². The number of hydrogen-bond donors (Lipinski definition) is 2. The van der Waals surface area contributed by atoms with E-state index in [2.05, 4.69) is 6.58 Å². The molecule has 1 saturated heterocycles. The lowest BCUT2D eigenvalue weighted by molar-refractivity contribution is -0.126. The van der Waals surface area contributed by atoms with Crippen molar-refractivity contribution in [2.45, 2.75) is 37.5 Å². The number of carbonyl (C=O) groups excluding carboxylic acids is 2. The summed E-state index contributed by atoms with van der Waals surface area (Å²) >= 11 is 3.00. The van der Waals surface area contributed by atoms with Crippen LogP contribution in [0.15, 0.2) is 12.2 Å². The van der Waals surface area contributed by atoms with Crippen LogP contribution < -0.4 is 0 Å². The highest BCUT2D eigenvalue weighted by molar-refractivity contribution is 8.14. The zero-order valence-electron chi connectivity index (χ0n) is 14.0. The van der Waals surface area contributed by atoms with Crippen molar-refractivity contribution in [3.8, 4) is 0 Å². The third-order valence-electron chi connectivity index (χ3n) is 5.94. The minimum Gasteiger partial charge on any atom is -0.396 e. The van der Waals surface area contributed by atoms with Crippen LogP contribution in [0.2, 0.25) is 0 Å². The van der Waals surface area contributed by atoms with Crippen LogP contribution in [0.4, 0.5) is 0 Å². The first-order valence-electron chi connectivity index (χ1n) is 8.73. The Kier molecular flexibility index (Phi) is 5.79. The first-order valence-corrected chi connectivity index (χ1v) is 10.8. The molecule has 134 valence electrons. The van der Waals surface area contributed by atoms with Crippen LogP contribution >= 0.6 is 23.5 Å². The van der Waals surface area contributed by atoms with Crippen molar-refractivity contribution < 1.29 is 19.8 Å². The number of aliphatic hydroxyl groups excluding tert-OH is 2. The SMILES string of the molecule is C=C1CC(=O)C2C(CSCCCO)C(=O)SC2C2C1CC(O)C2C. The van der Waals surface area contributed by atoms with Crippen molar-refractivity contribution in [2.75, 3.05) is 18.1 Å². The molecule has 0 aromatic rings. The van der Waals surface area contributed by atoms with Crippen LogP contribution in [0.5, 0.6) is 0 Å². The van der Waals surface area contributed by atoms with Crippen LogP contribution in [0.25, 0.3) is 0 Å². The summed E-state index contributed by atoms with van der Waals surface area (Å²) in [6, 6.07) is 0. The van der Waals surface area contributed by atoms with Gasteiger partial charge in [0.1, 0.15) is 5.78 Å². The predicted molar refractivity (Wildman–Crippen MR) is 97.9 cm³/mol. The van der Waals surface area contributed by atoms with Gasteiger partial charge in [-0.3, -0.25) is 9.59 Å². The molecule has 0 amide bonds. The fourth-order valence-electron chi connectivity index (χ4n) is 4.64. The maximum absolute atomic E-state index is 12.8. The number of allylic oxidation sites excluding steroid dienone is 1. The highest BCUT2D eigenvalue weighted by Crippen LogP contribution is 2.56. The lowest BCUT2D eigenvalue weighted by Gasteiger charge is -2.29. The van der Waals surface area contributed by atoms with Crippen molar-refractivity contribution >= 4 is 34.4 Å². The molecule has 2 saturated carbocycles. The maximum Gasteiger partial charge on any atom is 0.193 e. The molecule has 1 heterocycles. The number of fused-ring (bicyclic) bond motifs is 3. The average Bonchev–Trinajstić information content (AvgIpc) is 2.98. The van der Waals surface area contributed by atoms with Crippen molar-refractivity contribution in [1.29, 1.82) is 0 Å². The molecular formula is C18H26O4S2. The Labute approximate surface area is 151 Å². The standard InChI is InChI=1S/C18H26O4S2/c1-9-6-14(21)16-12(8-23-5-3-4-19)18(22)24-17(16)15-10(2)13(20)7-11(9)15/h10-13,15-17,19-20H,1,3-8H2,2H3. The van der Waals surface area contributed by atoms with Crippen LogP contribution in [0.3, 0.4) is 0 Å². The van der Waals surface area contributed by atoms with E-state index < -0.39 is 0 Å². The third kappa shape index (κ3) is 3.22.